The van der Waals surface area contributed by atoms with Gasteiger partial charge in [-0.15, -0.1) is 0 Å². The lowest BCUT2D eigenvalue weighted by Gasteiger charge is -2.12. The minimum atomic E-state index is -4.35. The fraction of sp³-hybridized carbons (Fsp3) is 0.667. The van der Waals surface area contributed by atoms with Gasteiger partial charge in [0.1, 0.15) is 10.1 Å². The van der Waals surface area contributed by atoms with Crippen LogP contribution in [0.3, 0.4) is 0 Å². The Bertz CT molecular complexity index is 509. The van der Waals surface area contributed by atoms with Gasteiger partial charge in [-0.25, -0.2) is 8.42 Å². The summed E-state index contributed by atoms with van der Waals surface area (Å²) in [5.74, 6) is 0. The van der Waals surface area contributed by atoms with Crippen molar-refractivity contribution in [2.45, 2.75) is 82.4 Å². The van der Waals surface area contributed by atoms with Gasteiger partial charge in [-0.3, -0.25) is 0 Å². The molecule has 0 saturated carbocycles. The number of rotatable bonds is 12. The van der Waals surface area contributed by atoms with E-state index in [1.165, 1.54) is 57.4 Å². The van der Waals surface area contributed by atoms with Crippen molar-refractivity contribution in [3.05, 3.63) is 29.8 Å². The zero-order chi connectivity index (χ0) is 16.3. The van der Waals surface area contributed by atoms with Gasteiger partial charge in [0.25, 0.3) is 0 Å². The third kappa shape index (κ3) is 7.95. The van der Waals surface area contributed by atoms with E-state index >= 15 is 0 Å². The highest BCUT2D eigenvalue weighted by Crippen LogP contribution is 2.18. The highest BCUT2D eigenvalue weighted by atomic mass is 32.2. The normalized spacial score (nSPS) is 11.7. The molecule has 0 spiro atoms. The molecule has 0 N–H and O–H groups in total. The van der Waals surface area contributed by atoms with Gasteiger partial charge >= 0.3 is 0 Å². The van der Waals surface area contributed by atoms with Crippen LogP contribution in [0, 0.1) is 0 Å². The number of aryl methyl sites for hydroxylation is 1. The van der Waals surface area contributed by atoms with Crippen LogP contribution in [-0.2, 0) is 16.5 Å². The van der Waals surface area contributed by atoms with Crippen LogP contribution in [-0.4, -0.2) is 13.0 Å². The molecular weight excluding hydrogens is 296 g/mol. The predicted molar refractivity (Wildman–Crippen MR) is 90.0 cm³/mol. The molecule has 0 amide bonds. The first-order valence-electron chi connectivity index (χ1n) is 8.59. The van der Waals surface area contributed by atoms with E-state index in [0.717, 1.165) is 12.8 Å². The molecule has 0 fully saturated rings. The van der Waals surface area contributed by atoms with Crippen molar-refractivity contribution in [3.63, 3.8) is 0 Å². The Morgan fingerprint density at radius 1 is 0.818 bits per heavy atom. The summed E-state index contributed by atoms with van der Waals surface area (Å²) in [6, 6.07) is 6.56. The Morgan fingerprint density at radius 3 is 1.86 bits per heavy atom. The quantitative estimate of drug-likeness (QED) is 0.399. The van der Waals surface area contributed by atoms with Crippen molar-refractivity contribution in [1.82, 2.24) is 0 Å². The van der Waals surface area contributed by atoms with E-state index in [-0.39, 0.29) is 4.90 Å². The Kier molecular flexibility index (Phi) is 9.41. The van der Waals surface area contributed by atoms with Crippen LogP contribution < -0.4 is 0 Å². The average Bonchev–Trinajstić information content (AvgIpc) is 2.48. The Balaban J connectivity index is 2.16. The van der Waals surface area contributed by atoms with Crippen LogP contribution in [0.25, 0.3) is 0 Å². The molecule has 0 aliphatic rings. The van der Waals surface area contributed by atoms with Crippen LogP contribution in [0.1, 0.15) is 76.7 Å². The number of benzene rings is 1. The summed E-state index contributed by atoms with van der Waals surface area (Å²) in [4.78, 5) is -0.0501. The molecule has 0 aliphatic carbocycles. The minimum absolute atomic E-state index is 0.0501. The second kappa shape index (κ2) is 10.8. The first-order valence-corrected chi connectivity index (χ1v) is 10.0. The zero-order valence-corrected chi connectivity index (χ0v) is 14.5. The molecule has 4 heteroatoms. The van der Waals surface area contributed by atoms with E-state index < -0.39 is 10.1 Å². The molecule has 0 saturated heterocycles. The highest BCUT2D eigenvalue weighted by molar-refractivity contribution is 7.85. The molecule has 0 unspecified atom stereocenters. The van der Waals surface area contributed by atoms with Crippen LogP contribution in [0.4, 0.5) is 0 Å². The molecule has 0 aliphatic heterocycles. The maximum absolute atomic E-state index is 11.2. The van der Waals surface area contributed by atoms with Crippen LogP contribution in [0.15, 0.2) is 29.2 Å². The lowest BCUT2D eigenvalue weighted by atomic mass is 10.0. The SMILES string of the molecule is CCCCCCCCCCCCc1ccccc1S(=O)(=O)[O-]. The maximum Gasteiger partial charge on any atom is 0.124 e. The smallest absolute Gasteiger partial charge is 0.124 e. The topological polar surface area (TPSA) is 57.2 Å². The largest absolute Gasteiger partial charge is 0.744 e. The second-order valence-corrected chi connectivity index (χ2v) is 7.34. The Hall–Kier alpha value is -0.870. The fourth-order valence-corrected chi connectivity index (χ4v) is 3.49. The summed E-state index contributed by atoms with van der Waals surface area (Å²) in [6.45, 7) is 2.23. The second-order valence-electron chi connectivity index (χ2n) is 5.99. The van der Waals surface area contributed by atoms with Gasteiger partial charge in [0, 0.05) is 0 Å². The van der Waals surface area contributed by atoms with E-state index in [2.05, 4.69) is 6.92 Å². The van der Waals surface area contributed by atoms with Crippen molar-refractivity contribution >= 4 is 10.1 Å². The lowest BCUT2D eigenvalue weighted by molar-refractivity contribution is 0.461. The number of hydrogen-bond donors (Lipinski definition) is 0. The summed E-state index contributed by atoms with van der Waals surface area (Å²) < 4.78 is 33.5. The van der Waals surface area contributed by atoms with Crippen molar-refractivity contribution in [2.75, 3.05) is 0 Å². The summed E-state index contributed by atoms with van der Waals surface area (Å²) in [5.41, 5.74) is 0.664. The van der Waals surface area contributed by atoms with Gasteiger partial charge in [0.15, 0.2) is 0 Å². The van der Waals surface area contributed by atoms with E-state index in [9.17, 15) is 13.0 Å². The molecule has 0 radical (unpaired) electrons. The van der Waals surface area contributed by atoms with Gasteiger partial charge in [0.2, 0.25) is 0 Å². The maximum atomic E-state index is 11.2. The van der Waals surface area contributed by atoms with Crippen LogP contribution >= 0.6 is 0 Å². The molecule has 3 nitrogen and oxygen atoms in total. The summed E-state index contributed by atoms with van der Waals surface area (Å²) in [5, 5.41) is 0. The average molecular weight is 325 g/mol. The number of hydrogen-bond acceptors (Lipinski definition) is 3. The molecule has 1 aromatic rings. The van der Waals surface area contributed by atoms with E-state index in [1.54, 1.807) is 18.2 Å². The Labute approximate surface area is 135 Å². The predicted octanol–water partition coefficient (Wildman–Crippen LogP) is 5.05. The third-order valence-electron chi connectivity index (χ3n) is 4.04. The van der Waals surface area contributed by atoms with Crippen molar-refractivity contribution in [1.29, 1.82) is 0 Å². The molecule has 0 aromatic heterocycles. The Morgan fingerprint density at radius 2 is 1.32 bits per heavy atom. The van der Waals surface area contributed by atoms with Crippen molar-refractivity contribution in [2.24, 2.45) is 0 Å². The third-order valence-corrected chi connectivity index (χ3v) is 4.98. The van der Waals surface area contributed by atoms with E-state index in [1.807, 2.05) is 0 Å². The molecular formula is C18H29O3S-. The molecule has 1 aromatic carbocycles. The summed E-state index contributed by atoms with van der Waals surface area (Å²) in [6.07, 6.45) is 13.2. The first-order chi connectivity index (χ1) is 10.6. The zero-order valence-electron chi connectivity index (χ0n) is 13.7. The summed E-state index contributed by atoms with van der Waals surface area (Å²) >= 11 is 0. The first kappa shape index (κ1) is 19.2. The van der Waals surface area contributed by atoms with Gasteiger partial charge in [0.05, 0.1) is 4.90 Å². The lowest BCUT2D eigenvalue weighted by Crippen LogP contribution is -2.03. The highest BCUT2D eigenvalue weighted by Gasteiger charge is 2.07. The summed E-state index contributed by atoms with van der Waals surface area (Å²) in [7, 11) is -4.35. The monoisotopic (exact) mass is 325 g/mol. The molecule has 22 heavy (non-hydrogen) atoms. The van der Waals surface area contributed by atoms with Crippen LogP contribution in [0.2, 0.25) is 0 Å². The van der Waals surface area contributed by atoms with E-state index in [4.69, 9.17) is 0 Å². The molecule has 126 valence electrons. The van der Waals surface area contributed by atoms with Gasteiger partial charge in [-0.05, 0) is 24.5 Å². The molecule has 0 bridgehead atoms. The van der Waals surface area contributed by atoms with Crippen molar-refractivity contribution < 1.29 is 13.0 Å². The number of unbranched alkanes of at least 4 members (excludes halogenated alkanes) is 9. The molecule has 0 atom stereocenters. The van der Waals surface area contributed by atoms with E-state index in [0.29, 0.717) is 12.0 Å². The molecule has 0 heterocycles. The van der Waals surface area contributed by atoms with Gasteiger partial charge in [-0.2, -0.15) is 0 Å². The van der Waals surface area contributed by atoms with Gasteiger partial charge < -0.3 is 4.55 Å². The van der Waals surface area contributed by atoms with Crippen molar-refractivity contribution in [3.8, 4) is 0 Å². The van der Waals surface area contributed by atoms with Gasteiger partial charge in [-0.1, -0.05) is 82.9 Å². The van der Waals surface area contributed by atoms with Crippen LogP contribution in [0.5, 0.6) is 0 Å². The minimum Gasteiger partial charge on any atom is -0.744 e. The fourth-order valence-electron chi connectivity index (χ4n) is 2.76. The standard InChI is InChI=1S/C18H30O3S/c1-2-3-4-5-6-7-8-9-10-11-14-17-15-12-13-16-18(17)22(19,20)21/h12-13,15-16H,2-11,14H2,1H3,(H,19,20,21)/p-1. The molecule has 1 rings (SSSR count).